The van der Waals surface area contributed by atoms with Gasteiger partial charge in [0.15, 0.2) is 0 Å². The SMILES string of the molecule is O=C1C[C@H](c2ccc(O)cc2)c2ncn(-c3cc(F)cc(F)c3)c2N1. The highest BCUT2D eigenvalue weighted by Crippen LogP contribution is 2.37. The van der Waals surface area contributed by atoms with Gasteiger partial charge < -0.3 is 10.4 Å². The molecule has 1 aliphatic rings. The molecule has 0 saturated carbocycles. The summed E-state index contributed by atoms with van der Waals surface area (Å²) in [5.74, 6) is -1.43. The van der Waals surface area contributed by atoms with Crippen LogP contribution in [0.25, 0.3) is 5.69 Å². The van der Waals surface area contributed by atoms with Gasteiger partial charge in [-0.15, -0.1) is 0 Å². The molecule has 2 aromatic carbocycles. The summed E-state index contributed by atoms with van der Waals surface area (Å²) < 4.78 is 28.5. The van der Waals surface area contributed by atoms with Gasteiger partial charge in [-0.05, 0) is 29.8 Å². The Morgan fingerprint density at radius 2 is 1.80 bits per heavy atom. The first-order valence-corrected chi connectivity index (χ1v) is 7.64. The number of rotatable bonds is 2. The number of imidazole rings is 1. The molecule has 2 heterocycles. The highest BCUT2D eigenvalue weighted by molar-refractivity contribution is 5.94. The van der Waals surface area contributed by atoms with Crippen LogP contribution in [0.15, 0.2) is 48.8 Å². The Balaban J connectivity index is 1.82. The average Bonchev–Trinajstić information content (AvgIpc) is 2.97. The lowest BCUT2D eigenvalue weighted by Crippen LogP contribution is -2.24. The number of phenolic OH excluding ortho intramolecular Hbond substituents is 1. The Hall–Kier alpha value is -3.22. The smallest absolute Gasteiger partial charge is 0.226 e. The number of nitrogens with zero attached hydrogens (tertiary/aromatic N) is 2. The van der Waals surface area contributed by atoms with Crippen LogP contribution in [0.3, 0.4) is 0 Å². The fraction of sp³-hybridized carbons (Fsp3) is 0.111. The van der Waals surface area contributed by atoms with Gasteiger partial charge in [-0.1, -0.05) is 12.1 Å². The van der Waals surface area contributed by atoms with E-state index in [0.717, 1.165) is 11.6 Å². The molecule has 4 rings (SSSR count). The van der Waals surface area contributed by atoms with Crippen LogP contribution in [-0.2, 0) is 4.79 Å². The predicted octanol–water partition coefficient (Wildman–Crippen LogP) is 3.33. The number of nitrogens with one attached hydrogen (secondary N) is 1. The maximum absolute atomic E-state index is 13.5. The molecule has 25 heavy (non-hydrogen) atoms. The number of halogens is 2. The highest BCUT2D eigenvalue weighted by Gasteiger charge is 2.31. The Bertz CT molecular complexity index is 947. The van der Waals surface area contributed by atoms with E-state index in [9.17, 15) is 18.7 Å². The lowest BCUT2D eigenvalue weighted by atomic mass is 9.90. The number of aromatic hydroxyl groups is 1. The molecule has 3 aromatic rings. The summed E-state index contributed by atoms with van der Waals surface area (Å²) >= 11 is 0. The number of hydrogen-bond acceptors (Lipinski definition) is 3. The second kappa shape index (κ2) is 5.70. The Morgan fingerprint density at radius 3 is 2.48 bits per heavy atom. The van der Waals surface area contributed by atoms with Crippen LogP contribution in [0.4, 0.5) is 14.6 Å². The maximum Gasteiger partial charge on any atom is 0.226 e. The minimum absolute atomic E-state index is 0.130. The molecule has 0 unspecified atom stereocenters. The molecule has 0 saturated heterocycles. The number of phenols is 1. The molecule has 0 radical (unpaired) electrons. The van der Waals surface area contributed by atoms with E-state index in [1.165, 1.54) is 23.0 Å². The summed E-state index contributed by atoms with van der Waals surface area (Å²) in [6.45, 7) is 0. The molecule has 0 fully saturated rings. The van der Waals surface area contributed by atoms with Gasteiger partial charge in [-0.25, -0.2) is 13.8 Å². The van der Waals surface area contributed by atoms with Gasteiger partial charge in [0.05, 0.1) is 11.4 Å². The zero-order chi connectivity index (χ0) is 17.6. The largest absolute Gasteiger partial charge is 0.508 e. The van der Waals surface area contributed by atoms with E-state index in [2.05, 4.69) is 10.3 Å². The molecule has 0 aliphatic carbocycles. The summed E-state index contributed by atoms with van der Waals surface area (Å²) in [5, 5.41) is 12.2. The average molecular weight is 341 g/mol. The van der Waals surface area contributed by atoms with Gasteiger partial charge >= 0.3 is 0 Å². The van der Waals surface area contributed by atoms with E-state index in [0.29, 0.717) is 11.5 Å². The number of amides is 1. The minimum Gasteiger partial charge on any atom is -0.508 e. The van der Waals surface area contributed by atoms with Crippen LogP contribution in [0.2, 0.25) is 0 Å². The minimum atomic E-state index is -0.713. The van der Waals surface area contributed by atoms with Crippen molar-refractivity contribution >= 4 is 11.7 Å². The highest BCUT2D eigenvalue weighted by atomic mass is 19.1. The molecule has 126 valence electrons. The monoisotopic (exact) mass is 341 g/mol. The molecule has 0 spiro atoms. The molecule has 5 nitrogen and oxygen atoms in total. The van der Waals surface area contributed by atoms with Gasteiger partial charge in [0.2, 0.25) is 5.91 Å². The van der Waals surface area contributed by atoms with Crippen LogP contribution in [0, 0.1) is 11.6 Å². The number of carbonyl (C=O) groups is 1. The lowest BCUT2D eigenvalue weighted by molar-refractivity contribution is -0.116. The van der Waals surface area contributed by atoms with Gasteiger partial charge in [0.1, 0.15) is 29.5 Å². The van der Waals surface area contributed by atoms with E-state index >= 15 is 0 Å². The number of aromatic nitrogens is 2. The van der Waals surface area contributed by atoms with Crippen LogP contribution in [-0.4, -0.2) is 20.6 Å². The molecule has 1 amide bonds. The molecule has 0 bridgehead atoms. The molecule has 1 atom stereocenters. The Labute approximate surface area is 141 Å². The fourth-order valence-electron chi connectivity index (χ4n) is 3.06. The normalized spacial score (nSPS) is 16.4. The van der Waals surface area contributed by atoms with Crippen molar-refractivity contribution in [1.82, 2.24) is 9.55 Å². The zero-order valence-electron chi connectivity index (χ0n) is 12.9. The zero-order valence-corrected chi connectivity index (χ0v) is 12.9. The van der Waals surface area contributed by atoms with Gasteiger partial charge in [-0.2, -0.15) is 0 Å². The first kappa shape index (κ1) is 15.3. The van der Waals surface area contributed by atoms with E-state index in [4.69, 9.17) is 0 Å². The molecular weight excluding hydrogens is 328 g/mol. The third-order valence-electron chi connectivity index (χ3n) is 4.19. The predicted molar refractivity (Wildman–Crippen MR) is 86.7 cm³/mol. The van der Waals surface area contributed by atoms with Crippen molar-refractivity contribution in [2.24, 2.45) is 0 Å². The molecular formula is C18H13F2N3O2. The third kappa shape index (κ3) is 2.73. The summed E-state index contributed by atoms with van der Waals surface area (Å²) in [6.07, 6.45) is 1.63. The van der Waals surface area contributed by atoms with Crippen LogP contribution >= 0.6 is 0 Å². The molecule has 1 aliphatic heterocycles. The first-order chi connectivity index (χ1) is 12.0. The van der Waals surface area contributed by atoms with Crippen LogP contribution in [0.5, 0.6) is 5.75 Å². The van der Waals surface area contributed by atoms with Crippen LogP contribution in [0.1, 0.15) is 23.6 Å². The van der Waals surface area contributed by atoms with Gasteiger partial charge in [0, 0.05) is 18.4 Å². The Kier molecular flexibility index (Phi) is 3.49. The quantitative estimate of drug-likeness (QED) is 0.751. The van der Waals surface area contributed by atoms with E-state index in [1.807, 2.05) is 0 Å². The molecule has 1 aromatic heterocycles. The second-order valence-electron chi connectivity index (χ2n) is 5.87. The standard InChI is InChI=1S/C18H13F2N3O2/c19-11-5-12(20)7-13(6-11)23-9-21-17-15(8-16(25)22-18(17)23)10-1-3-14(24)4-2-10/h1-7,9,15,24H,8H2,(H,22,25)/t15-/m1/s1. The van der Waals surface area contributed by atoms with E-state index < -0.39 is 11.6 Å². The number of fused-ring (bicyclic) bond motifs is 1. The van der Waals surface area contributed by atoms with E-state index in [1.54, 1.807) is 24.3 Å². The maximum atomic E-state index is 13.5. The lowest BCUT2D eigenvalue weighted by Gasteiger charge is -2.23. The molecule has 2 N–H and O–H groups in total. The van der Waals surface area contributed by atoms with Crippen molar-refractivity contribution in [2.75, 3.05) is 5.32 Å². The van der Waals surface area contributed by atoms with Crippen molar-refractivity contribution < 1.29 is 18.7 Å². The van der Waals surface area contributed by atoms with Crippen molar-refractivity contribution in [3.63, 3.8) is 0 Å². The second-order valence-corrected chi connectivity index (χ2v) is 5.87. The summed E-state index contributed by atoms with van der Waals surface area (Å²) in [4.78, 5) is 16.5. The first-order valence-electron chi connectivity index (χ1n) is 7.64. The van der Waals surface area contributed by atoms with Crippen molar-refractivity contribution in [1.29, 1.82) is 0 Å². The number of carbonyl (C=O) groups excluding carboxylic acids is 1. The fourth-order valence-corrected chi connectivity index (χ4v) is 3.06. The van der Waals surface area contributed by atoms with E-state index in [-0.39, 0.29) is 29.7 Å². The number of hydrogen-bond donors (Lipinski definition) is 2. The number of benzene rings is 2. The van der Waals surface area contributed by atoms with Gasteiger partial charge in [0.25, 0.3) is 0 Å². The van der Waals surface area contributed by atoms with Crippen molar-refractivity contribution in [2.45, 2.75) is 12.3 Å². The summed E-state index contributed by atoms with van der Waals surface area (Å²) in [7, 11) is 0. The number of anilines is 1. The van der Waals surface area contributed by atoms with Crippen molar-refractivity contribution in [3.05, 3.63) is 71.7 Å². The van der Waals surface area contributed by atoms with Crippen molar-refractivity contribution in [3.8, 4) is 11.4 Å². The summed E-state index contributed by atoms with van der Waals surface area (Å²) in [5.41, 5.74) is 1.66. The third-order valence-corrected chi connectivity index (χ3v) is 4.19. The Morgan fingerprint density at radius 1 is 1.12 bits per heavy atom. The topological polar surface area (TPSA) is 67.1 Å². The van der Waals surface area contributed by atoms with Crippen LogP contribution < -0.4 is 5.32 Å². The summed E-state index contributed by atoms with van der Waals surface area (Å²) in [6, 6.07) is 9.65. The van der Waals surface area contributed by atoms with Gasteiger partial charge in [-0.3, -0.25) is 9.36 Å². The molecule has 7 heteroatoms.